The first kappa shape index (κ1) is 14.7. The highest BCUT2D eigenvalue weighted by Crippen LogP contribution is 2.32. The van der Waals surface area contributed by atoms with Gasteiger partial charge in [0.25, 0.3) is 5.91 Å². The molecule has 120 valence electrons. The van der Waals surface area contributed by atoms with Crippen LogP contribution in [0.15, 0.2) is 36.4 Å². The predicted octanol–water partition coefficient (Wildman–Crippen LogP) is 2.82. The molecule has 2 aromatic rings. The van der Waals surface area contributed by atoms with E-state index in [0.29, 0.717) is 12.0 Å². The summed E-state index contributed by atoms with van der Waals surface area (Å²) in [6.07, 6.45) is 2.42. The minimum Gasteiger partial charge on any atom is -0.398 e. The van der Waals surface area contributed by atoms with E-state index < -0.39 is 0 Å². The van der Waals surface area contributed by atoms with E-state index in [4.69, 9.17) is 5.73 Å². The lowest BCUT2D eigenvalue weighted by molar-refractivity contribution is 0.0622. The van der Waals surface area contributed by atoms with Crippen molar-refractivity contribution in [2.45, 2.75) is 18.9 Å². The molecule has 1 aromatic carbocycles. The minimum atomic E-state index is 0.0505. The summed E-state index contributed by atoms with van der Waals surface area (Å²) in [6.45, 7) is 3.38. The first-order valence-corrected chi connectivity index (χ1v) is 9.00. The molecule has 4 nitrogen and oxygen atoms in total. The molecule has 3 fully saturated rings. The zero-order chi connectivity index (χ0) is 15.8. The third kappa shape index (κ3) is 2.86. The summed E-state index contributed by atoms with van der Waals surface area (Å²) in [4.78, 5) is 16.8. The van der Waals surface area contributed by atoms with Crippen LogP contribution in [-0.2, 0) is 0 Å². The quantitative estimate of drug-likeness (QED) is 0.852. The highest BCUT2D eigenvalue weighted by atomic mass is 32.1. The average Bonchev–Trinajstić information content (AvgIpc) is 3.06. The SMILES string of the molecule is Nc1ccccc1-c1ccc(C(=O)NC2CN3CCC2CC3)s1. The Kier molecular flexibility index (Phi) is 3.83. The lowest BCUT2D eigenvalue weighted by Crippen LogP contribution is -2.57. The predicted molar refractivity (Wildman–Crippen MR) is 94.6 cm³/mol. The van der Waals surface area contributed by atoms with Crippen molar-refractivity contribution >= 4 is 22.9 Å². The summed E-state index contributed by atoms with van der Waals surface area (Å²) in [7, 11) is 0. The van der Waals surface area contributed by atoms with Gasteiger partial charge in [0.15, 0.2) is 0 Å². The van der Waals surface area contributed by atoms with E-state index >= 15 is 0 Å². The average molecular weight is 327 g/mol. The lowest BCUT2D eigenvalue weighted by Gasteiger charge is -2.44. The number of fused-ring (bicyclic) bond motifs is 3. The molecule has 3 N–H and O–H groups in total. The molecular weight excluding hydrogens is 306 g/mol. The molecule has 3 aliphatic heterocycles. The van der Waals surface area contributed by atoms with Crippen molar-refractivity contribution in [3.8, 4) is 10.4 Å². The van der Waals surface area contributed by atoms with E-state index in [0.717, 1.165) is 27.5 Å². The Morgan fingerprint density at radius 1 is 1.17 bits per heavy atom. The van der Waals surface area contributed by atoms with E-state index in [-0.39, 0.29) is 5.91 Å². The molecule has 5 rings (SSSR count). The van der Waals surface area contributed by atoms with Gasteiger partial charge in [-0.05, 0) is 50.0 Å². The second-order valence-electron chi connectivity index (χ2n) is 6.47. The normalized spacial score (nSPS) is 26.2. The molecule has 4 heterocycles. The van der Waals surface area contributed by atoms with Crippen molar-refractivity contribution < 1.29 is 4.79 Å². The summed E-state index contributed by atoms with van der Waals surface area (Å²) >= 11 is 1.51. The van der Waals surface area contributed by atoms with Crippen molar-refractivity contribution in [1.82, 2.24) is 10.2 Å². The number of hydrogen-bond acceptors (Lipinski definition) is 4. The Morgan fingerprint density at radius 2 is 1.96 bits per heavy atom. The monoisotopic (exact) mass is 327 g/mol. The van der Waals surface area contributed by atoms with Crippen LogP contribution in [0.1, 0.15) is 22.5 Å². The van der Waals surface area contributed by atoms with Crippen LogP contribution >= 0.6 is 11.3 Å². The van der Waals surface area contributed by atoms with E-state index in [2.05, 4.69) is 10.2 Å². The van der Waals surface area contributed by atoms with Gasteiger partial charge in [-0.3, -0.25) is 4.79 Å². The molecule has 0 radical (unpaired) electrons. The summed E-state index contributed by atoms with van der Waals surface area (Å²) in [5.74, 6) is 0.697. The number of para-hydroxylation sites is 1. The fraction of sp³-hybridized carbons (Fsp3) is 0.389. The number of nitrogens with two attached hydrogens (primary N) is 1. The second kappa shape index (κ2) is 5.98. The number of nitrogen functional groups attached to an aromatic ring is 1. The lowest BCUT2D eigenvalue weighted by atomic mass is 9.84. The first-order chi connectivity index (χ1) is 11.2. The molecule has 1 aromatic heterocycles. The van der Waals surface area contributed by atoms with Gasteiger partial charge in [-0.1, -0.05) is 18.2 Å². The van der Waals surface area contributed by atoms with E-state index in [1.165, 1.54) is 37.3 Å². The highest BCUT2D eigenvalue weighted by molar-refractivity contribution is 7.17. The molecule has 23 heavy (non-hydrogen) atoms. The van der Waals surface area contributed by atoms with Gasteiger partial charge in [0, 0.05) is 28.7 Å². The standard InChI is InChI=1S/C18H21N3OS/c19-14-4-2-1-3-13(14)16-5-6-17(23-16)18(22)20-15-11-21-9-7-12(15)8-10-21/h1-6,12,15H,7-11,19H2,(H,20,22). The molecule has 5 heteroatoms. The summed E-state index contributed by atoms with van der Waals surface area (Å²) in [5, 5.41) is 3.24. The van der Waals surface area contributed by atoms with Gasteiger partial charge in [0.1, 0.15) is 0 Å². The number of rotatable bonds is 3. The fourth-order valence-corrected chi connectivity index (χ4v) is 4.65. The van der Waals surface area contributed by atoms with Crippen molar-refractivity contribution in [2.24, 2.45) is 5.92 Å². The zero-order valence-electron chi connectivity index (χ0n) is 13.0. The Balaban J connectivity index is 1.48. The van der Waals surface area contributed by atoms with E-state index in [1.54, 1.807) is 0 Å². The van der Waals surface area contributed by atoms with Crippen molar-refractivity contribution in [3.05, 3.63) is 41.3 Å². The molecule has 2 bridgehead atoms. The topological polar surface area (TPSA) is 58.4 Å². The number of carbonyl (C=O) groups excluding carboxylic acids is 1. The number of thiophene rings is 1. The molecule has 3 aliphatic rings. The minimum absolute atomic E-state index is 0.0505. The number of nitrogens with zero attached hydrogens (tertiary/aromatic N) is 1. The first-order valence-electron chi connectivity index (χ1n) is 8.18. The molecule has 0 spiro atoms. The van der Waals surface area contributed by atoms with Gasteiger partial charge >= 0.3 is 0 Å². The van der Waals surface area contributed by atoms with Crippen molar-refractivity contribution in [3.63, 3.8) is 0 Å². The molecular formula is C18H21N3OS. The largest absolute Gasteiger partial charge is 0.398 e. The summed E-state index contributed by atoms with van der Waals surface area (Å²) in [5.41, 5.74) is 7.78. The number of hydrogen-bond donors (Lipinski definition) is 2. The number of benzene rings is 1. The van der Waals surface area contributed by atoms with Crippen molar-refractivity contribution in [2.75, 3.05) is 25.4 Å². The third-order valence-corrected chi connectivity index (χ3v) is 6.15. The molecule has 1 amide bonds. The summed E-state index contributed by atoms with van der Waals surface area (Å²) in [6, 6.07) is 12.0. The maximum Gasteiger partial charge on any atom is 0.261 e. The van der Waals surface area contributed by atoms with Crippen molar-refractivity contribution in [1.29, 1.82) is 0 Å². The number of amides is 1. The Hall–Kier alpha value is -1.85. The molecule has 1 unspecified atom stereocenters. The van der Waals surface area contributed by atoms with Gasteiger partial charge in [0.2, 0.25) is 0 Å². The highest BCUT2D eigenvalue weighted by Gasteiger charge is 2.35. The molecule has 1 atom stereocenters. The van der Waals surface area contributed by atoms with Crippen LogP contribution in [0.4, 0.5) is 5.69 Å². The Morgan fingerprint density at radius 3 is 2.65 bits per heavy atom. The maximum atomic E-state index is 12.6. The van der Waals surface area contributed by atoms with Gasteiger partial charge in [0.05, 0.1) is 4.88 Å². The Bertz CT molecular complexity index is 719. The van der Waals surface area contributed by atoms with E-state index in [9.17, 15) is 4.79 Å². The number of nitrogens with one attached hydrogen (secondary N) is 1. The molecule has 3 saturated heterocycles. The fourth-order valence-electron chi connectivity index (χ4n) is 3.69. The van der Waals surface area contributed by atoms with Crippen LogP contribution < -0.4 is 11.1 Å². The van der Waals surface area contributed by atoms with Crippen LogP contribution in [0.2, 0.25) is 0 Å². The van der Waals surface area contributed by atoms with E-state index in [1.807, 2.05) is 36.4 Å². The van der Waals surface area contributed by atoms with Crippen LogP contribution in [0.5, 0.6) is 0 Å². The molecule has 0 saturated carbocycles. The number of carbonyl (C=O) groups is 1. The zero-order valence-corrected chi connectivity index (χ0v) is 13.8. The van der Waals surface area contributed by atoms with Gasteiger partial charge in [-0.15, -0.1) is 11.3 Å². The summed E-state index contributed by atoms with van der Waals surface area (Å²) < 4.78 is 0. The smallest absolute Gasteiger partial charge is 0.261 e. The second-order valence-corrected chi connectivity index (χ2v) is 7.55. The number of piperidine rings is 3. The maximum absolute atomic E-state index is 12.6. The third-order valence-electron chi connectivity index (χ3n) is 5.03. The van der Waals surface area contributed by atoms with Crippen LogP contribution in [0.3, 0.4) is 0 Å². The molecule has 0 aliphatic carbocycles. The van der Waals surface area contributed by atoms with Gasteiger partial charge < -0.3 is 16.0 Å². The Labute approximate surface area is 140 Å². The van der Waals surface area contributed by atoms with Crippen LogP contribution in [0.25, 0.3) is 10.4 Å². The van der Waals surface area contributed by atoms with Crippen LogP contribution in [-0.4, -0.2) is 36.5 Å². The van der Waals surface area contributed by atoms with Crippen LogP contribution in [0, 0.1) is 5.92 Å². The van der Waals surface area contributed by atoms with Gasteiger partial charge in [-0.25, -0.2) is 0 Å². The van der Waals surface area contributed by atoms with Gasteiger partial charge in [-0.2, -0.15) is 0 Å². The number of anilines is 1.